The van der Waals surface area contributed by atoms with Crippen LogP contribution in [0.4, 0.5) is 0 Å². The van der Waals surface area contributed by atoms with Crippen LogP contribution in [0.1, 0.15) is 85.5 Å². The van der Waals surface area contributed by atoms with E-state index in [-0.39, 0.29) is 12.1 Å². The lowest BCUT2D eigenvalue weighted by Crippen LogP contribution is -2.54. The van der Waals surface area contributed by atoms with Gasteiger partial charge in [-0.2, -0.15) is 0 Å². The van der Waals surface area contributed by atoms with Crippen molar-refractivity contribution in [3.63, 3.8) is 0 Å². The van der Waals surface area contributed by atoms with Gasteiger partial charge in [-0.15, -0.1) is 0 Å². The molecule has 9 atom stereocenters. The van der Waals surface area contributed by atoms with E-state index in [0.29, 0.717) is 15.7 Å². The lowest BCUT2D eigenvalue weighted by Gasteiger charge is -2.61. The quantitative estimate of drug-likeness (QED) is 0.380. The van der Waals surface area contributed by atoms with E-state index in [0.717, 1.165) is 42.4 Å². The van der Waals surface area contributed by atoms with Crippen LogP contribution in [0, 0.1) is 40.4 Å². The van der Waals surface area contributed by atoms with Crippen LogP contribution in [0.2, 0.25) is 0 Å². The zero-order valence-corrected chi connectivity index (χ0v) is 18.7. The zero-order valence-electron chi connectivity index (χ0n) is 17.1. The molecule has 26 heavy (non-hydrogen) atoms. The Labute approximate surface area is 168 Å². The average molecular weight is 425 g/mol. The molecule has 4 fully saturated rings. The van der Waals surface area contributed by atoms with E-state index in [9.17, 15) is 4.79 Å². The lowest BCUT2D eigenvalue weighted by atomic mass is 9.44. The highest BCUT2D eigenvalue weighted by Crippen LogP contribution is 2.68. The summed E-state index contributed by atoms with van der Waals surface area (Å²) in [5.41, 5.74) is 1.04. The predicted molar refractivity (Wildman–Crippen MR) is 109 cm³/mol. The number of halogens is 1. The van der Waals surface area contributed by atoms with Crippen molar-refractivity contribution >= 4 is 21.9 Å². The van der Waals surface area contributed by atoms with E-state index < -0.39 is 0 Å². The van der Waals surface area contributed by atoms with Crippen molar-refractivity contribution in [3.8, 4) is 0 Å². The molecule has 0 aliphatic heterocycles. The van der Waals surface area contributed by atoms with Crippen LogP contribution in [-0.2, 0) is 9.53 Å². The molecule has 148 valence electrons. The van der Waals surface area contributed by atoms with Crippen LogP contribution >= 0.6 is 15.9 Å². The summed E-state index contributed by atoms with van der Waals surface area (Å²) < 4.78 is 5.60. The highest BCUT2D eigenvalue weighted by Gasteiger charge is 2.60. The van der Waals surface area contributed by atoms with E-state index in [1.54, 1.807) is 6.92 Å². The van der Waals surface area contributed by atoms with Gasteiger partial charge in [0.25, 0.3) is 0 Å². The summed E-state index contributed by atoms with van der Waals surface area (Å²) in [6.07, 6.45) is 12.1. The number of esters is 1. The normalized spacial score (nSPS) is 51.7. The maximum atomic E-state index is 11.4. The van der Waals surface area contributed by atoms with Gasteiger partial charge in [-0.25, -0.2) is 0 Å². The van der Waals surface area contributed by atoms with E-state index in [4.69, 9.17) is 4.74 Å². The highest BCUT2D eigenvalue weighted by atomic mass is 79.9. The number of rotatable bonds is 2. The van der Waals surface area contributed by atoms with Crippen molar-refractivity contribution in [2.24, 2.45) is 40.4 Å². The molecule has 0 saturated heterocycles. The second kappa shape index (κ2) is 6.78. The topological polar surface area (TPSA) is 26.3 Å². The molecular weight excluding hydrogens is 388 g/mol. The van der Waals surface area contributed by atoms with Crippen LogP contribution in [0.25, 0.3) is 0 Å². The van der Waals surface area contributed by atoms with Gasteiger partial charge >= 0.3 is 5.97 Å². The Kier molecular flexibility index (Phi) is 5.02. The molecule has 0 aromatic carbocycles. The fourth-order valence-corrected chi connectivity index (χ4v) is 9.22. The first kappa shape index (κ1) is 19.3. The molecule has 0 heterocycles. The molecular formula is C23H37BrO2. The minimum atomic E-state index is -0.0957. The Morgan fingerprint density at radius 1 is 1.00 bits per heavy atom. The molecule has 0 aromatic heterocycles. The third kappa shape index (κ3) is 2.90. The van der Waals surface area contributed by atoms with Crippen molar-refractivity contribution in [2.45, 2.75) is 96.4 Å². The molecule has 0 amide bonds. The average Bonchev–Trinajstić information content (AvgIpc) is 2.92. The molecule has 4 aliphatic carbocycles. The SMILES string of the molecule is CC(=O)OC1CCC2(C)C(CCC3C2CCC2(C)C(C(C)Br)CCC32)C1. The van der Waals surface area contributed by atoms with Gasteiger partial charge in [0.1, 0.15) is 6.10 Å². The monoisotopic (exact) mass is 424 g/mol. The smallest absolute Gasteiger partial charge is 0.302 e. The van der Waals surface area contributed by atoms with Crippen LogP contribution in [0.5, 0.6) is 0 Å². The highest BCUT2D eigenvalue weighted by molar-refractivity contribution is 9.09. The molecule has 0 N–H and O–H groups in total. The molecule has 4 aliphatic rings. The van der Waals surface area contributed by atoms with Gasteiger partial charge in [0.2, 0.25) is 0 Å². The minimum Gasteiger partial charge on any atom is -0.463 e. The van der Waals surface area contributed by atoms with Gasteiger partial charge in [-0.1, -0.05) is 36.7 Å². The van der Waals surface area contributed by atoms with Gasteiger partial charge in [-0.3, -0.25) is 4.79 Å². The van der Waals surface area contributed by atoms with Crippen molar-refractivity contribution in [1.29, 1.82) is 0 Å². The van der Waals surface area contributed by atoms with Gasteiger partial charge in [0.15, 0.2) is 0 Å². The Balaban J connectivity index is 1.53. The Morgan fingerprint density at radius 2 is 1.69 bits per heavy atom. The third-order valence-corrected chi connectivity index (χ3v) is 10.2. The first-order chi connectivity index (χ1) is 12.3. The maximum Gasteiger partial charge on any atom is 0.302 e. The number of alkyl halides is 1. The van der Waals surface area contributed by atoms with E-state index >= 15 is 0 Å². The van der Waals surface area contributed by atoms with Crippen LogP contribution in [0.3, 0.4) is 0 Å². The summed E-state index contributed by atoms with van der Waals surface area (Å²) >= 11 is 3.94. The number of ether oxygens (including phenoxy) is 1. The van der Waals surface area contributed by atoms with E-state index in [2.05, 4.69) is 36.7 Å². The first-order valence-corrected chi connectivity index (χ1v) is 12.0. The molecule has 2 nitrogen and oxygen atoms in total. The Morgan fingerprint density at radius 3 is 2.38 bits per heavy atom. The first-order valence-electron chi connectivity index (χ1n) is 11.1. The minimum absolute atomic E-state index is 0.0957. The van der Waals surface area contributed by atoms with Gasteiger partial charge in [0, 0.05) is 11.8 Å². The number of fused-ring (bicyclic) bond motifs is 5. The van der Waals surface area contributed by atoms with Crippen molar-refractivity contribution < 1.29 is 9.53 Å². The second-order valence-corrected chi connectivity index (χ2v) is 12.0. The van der Waals surface area contributed by atoms with Crippen molar-refractivity contribution in [1.82, 2.24) is 0 Å². The van der Waals surface area contributed by atoms with Crippen LogP contribution < -0.4 is 0 Å². The Hall–Kier alpha value is -0.0500. The number of carbonyl (C=O) groups excluding carboxylic acids is 1. The summed E-state index contributed by atoms with van der Waals surface area (Å²) in [4.78, 5) is 12.1. The molecule has 9 unspecified atom stereocenters. The number of hydrogen-bond acceptors (Lipinski definition) is 2. The number of hydrogen-bond donors (Lipinski definition) is 0. The van der Waals surface area contributed by atoms with Gasteiger partial charge < -0.3 is 4.74 Å². The van der Waals surface area contributed by atoms with E-state index in [1.807, 2.05) is 0 Å². The predicted octanol–water partition coefficient (Wildman–Crippen LogP) is 6.36. The van der Waals surface area contributed by atoms with Crippen molar-refractivity contribution in [2.75, 3.05) is 0 Å². The Bertz CT molecular complexity index is 560. The lowest BCUT2D eigenvalue weighted by molar-refractivity contribution is -0.160. The molecule has 0 bridgehead atoms. The fraction of sp³-hybridized carbons (Fsp3) is 0.957. The zero-order chi connectivity index (χ0) is 18.7. The summed E-state index contributed by atoms with van der Waals surface area (Å²) in [5, 5.41) is 0. The standard InChI is InChI=1S/C23H37BrO2/c1-14(24)19-7-8-20-18-6-5-16-13-17(26-15(2)25)9-11-22(16,3)21(18)10-12-23(19,20)4/h14,16-21H,5-13H2,1-4H3. The molecule has 4 rings (SSSR count). The molecule has 0 spiro atoms. The van der Waals surface area contributed by atoms with Crippen LogP contribution in [-0.4, -0.2) is 16.9 Å². The fourth-order valence-electron chi connectivity index (χ4n) is 8.36. The molecule has 0 radical (unpaired) electrons. The largest absolute Gasteiger partial charge is 0.463 e. The summed E-state index contributed by atoms with van der Waals surface area (Å²) in [6, 6.07) is 0. The third-order valence-electron chi connectivity index (χ3n) is 9.58. The van der Waals surface area contributed by atoms with Crippen molar-refractivity contribution in [3.05, 3.63) is 0 Å². The summed E-state index contributed by atoms with van der Waals surface area (Å²) in [6.45, 7) is 9.16. The van der Waals surface area contributed by atoms with Gasteiger partial charge in [-0.05, 0) is 98.2 Å². The summed E-state index contributed by atoms with van der Waals surface area (Å²) in [5.74, 6) is 4.31. The van der Waals surface area contributed by atoms with E-state index in [1.165, 1.54) is 44.9 Å². The maximum absolute atomic E-state index is 11.4. The number of carbonyl (C=O) groups is 1. The summed E-state index contributed by atoms with van der Waals surface area (Å²) in [7, 11) is 0. The van der Waals surface area contributed by atoms with Gasteiger partial charge in [0.05, 0.1) is 0 Å². The molecule has 3 heteroatoms. The second-order valence-electron chi connectivity index (χ2n) is 10.6. The van der Waals surface area contributed by atoms with Crippen LogP contribution in [0.15, 0.2) is 0 Å². The molecule has 0 aromatic rings. The molecule has 4 saturated carbocycles.